The fourth-order valence-electron chi connectivity index (χ4n) is 4.09. The van der Waals surface area contributed by atoms with Crippen molar-refractivity contribution in [3.8, 4) is 5.75 Å². The first-order valence-corrected chi connectivity index (χ1v) is 11.6. The van der Waals surface area contributed by atoms with Crippen LogP contribution >= 0.6 is 37.2 Å². The number of ether oxygens (including phenoxy) is 1. The molecular formula is C26H33Cl3N4O4. The minimum atomic E-state index is -1.02. The number of halogens is 3. The maximum absolute atomic E-state index is 12.1. The van der Waals surface area contributed by atoms with Gasteiger partial charge in [0, 0.05) is 43.2 Å². The molecule has 1 saturated heterocycles. The Morgan fingerprint density at radius 2 is 1.65 bits per heavy atom. The van der Waals surface area contributed by atoms with Crippen molar-refractivity contribution in [3.05, 3.63) is 54.1 Å². The van der Waals surface area contributed by atoms with Crippen molar-refractivity contribution >= 4 is 77.2 Å². The maximum Gasteiger partial charge on any atom is 0.336 e. The Morgan fingerprint density at radius 3 is 2.27 bits per heavy atom. The quantitative estimate of drug-likeness (QED) is 0.386. The van der Waals surface area contributed by atoms with Gasteiger partial charge in [-0.3, -0.25) is 4.79 Å². The third kappa shape index (κ3) is 7.31. The summed E-state index contributed by atoms with van der Waals surface area (Å²) >= 11 is 0. The topological polar surface area (TPSA) is 95.0 Å². The van der Waals surface area contributed by atoms with E-state index in [4.69, 9.17) is 9.72 Å². The van der Waals surface area contributed by atoms with Gasteiger partial charge in [0.1, 0.15) is 11.6 Å². The van der Waals surface area contributed by atoms with Crippen LogP contribution in [0.3, 0.4) is 0 Å². The SMILES string of the molecule is CCOc1ccccc1N1CCN(c2cc(C(=O)O)c3cc(NC(=O)C(C)C)ccc3n2)CC1.Cl.Cl.Cl. The number of hydrogen-bond donors (Lipinski definition) is 2. The second-order valence-electron chi connectivity index (χ2n) is 8.58. The van der Waals surface area contributed by atoms with E-state index in [1.165, 1.54) is 0 Å². The molecule has 0 radical (unpaired) electrons. The third-order valence-electron chi connectivity index (χ3n) is 5.93. The number of nitrogens with one attached hydrogen (secondary N) is 1. The summed E-state index contributed by atoms with van der Waals surface area (Å²) in [6.07, 6.45) is 0. The lowest BCUT2D eigenvalue weighted by molar-refractivity contribution is -0.118. The van der Waals surface area contributed by atoms with E-state index >= 15 is 0 Å². The summed E-state index contributed by atoms with van der Waals surface area (Å²) in [6, 6.07) is 14.8. The normalized spacial score (nSPS) is 12.8. The Bertz CT molecular complexity index is 1220. The number of carboxylic acid groups (broad SMARTS) is 1. The minimum absolute atomic E-state index is 0. The van der Waals surface area contributed by atoms with Gasteiger partial charge in [-0.15, -0.1) is 37.2 Å². The van der Waals surface area contributed by atoms with E-state index in [9.17, 15) is 14.7 Å². The van der Waals surface area contributed by atoms with Crippen LogP contribution in [-0.2, 0) is 4.79 Å². The Hall–Kier alpha value is -2.94. The van der Waals surface area contributed by atoms with Gasteiger partial charge in [-0.2, -0.15) is 0 Å². The molecule has 0 saturated carbocycles. The van der Waals surface area contributed by atoms with E-state index in [1.807, 2.05) is 39.0 Å². The zero-order valence-corrected chi connectivity index (χ0v) is 23.4. The van der Waals surface area contributed by atoms with E-state index in [2.05, 4.69) is 21.2 Å². The monoisotopic (exact) mass is 570 g/mol. The molecule has 0 atom stereocenters. The highest BCUT2D eigenvalue weighted by Gasteiger charge is 2.23. The van der Waals surface area contributed by atoms with E-state index in [0.717, 1.165) is 24.5 Å². The average molecular weight is 572 g/mol. The van der Waals surface area contributed by atoms with Gasteiger partial charge >= 0.3 is 5.97 Å². The Morgan fingerprint density at radius 1 is 1.00 bits per heavy atom. The van der Waals surface area contributed by atoms with Crippen LogP contribution < -0.4 is 19.9 Å². The van der Waals surface area contributed by atoms with E-state index in [-0.39, 0.29) is 54.6 Å². The van der Waals surface area contributed by atoms with Crippen LogP contribution in [0.4, 0.5) is 17.2 Å². The molecule has 1 aromatic heterocycles. The van der Waals surface area contributed by atoms with Crippen LogP contribution in [0.25, 0.3) is 10.9 Å². The summed E-state index contributed by atoms with van der Waals surface area (Å²) in [5, 5.41) is 13.2. The molecule has 4 rings (SSSR count). The Balaban J connectivity index is 0.00000228. The van der Waals surface area contributed by atoms with Crippen molar-refractivity contribution in [3.63, 3.8) is 0 Å². The molecule has 37 heavy (non-hydrogen) atoms. The zero-order chi connectivity index (χ0) is 24.2. The van der Waals surface area contributed by atoms with Crippen molar-refractivity contribution in [2.24, 2.45) is 5.92 Å². The standard InChI is InChI=1S/C26H30N4O4.3ClH/c1-4-34-23-8-6-5-7-22(23)29-11-13-30(14-12-29)24-16-20(26(32)33)19-15-18(9-10-21(19)28-24)27-25(31)17(2)3;;;/h5-10,15-17H,4,11-14H2,1-3H3,(H,27,31)(H,32,33);3*1H. The number of aromatic carboxylic acids is 1. The molecule has 0 unspecified atom stereocenters. The van der Waals surface area contributed by atoms with E-state index < -0.39 is 5.97 Å². The first-order chi connectivity index (χ1) is 16.4. The average Bonchev–Trinajstić information content (AvgIpc) is 2.84. The van der Waals surface area contributed by atoms with E-state index in [0.29, 0.717) is 42.1 Å². The number of amides is 1. The lowest BCUT2D eigenvalue weighted by Gasteiger charge is -2.37. The summed E-state index contributed by atoms with van der Waals surface area (Å²) in [4.78, 5) is 33.3. The number of piperazine rings is 1. The number of carbonyl (C=O) groups excluding carboxylic acids is 1. The molecule has 1 fully saturated rings. The number of fused-ring (bicyclic) bond motifs is 1. The summed E-state index contributed by atoms with van der Waals surface area (Å²) < 4.78 is 5.78. The van der Waals surface area contributed by atoms with Gasteiger partial charge in [-0.05, 0) is 43.3 Å². The zero-order valence-electron chi connectivity index (χ0n) is 21.0. The molecule has 0 bridgehead atoms. The lowest BCUT2D eigenvalue weighted by atomic mass is 10.1. The number of benzene rings is 2. The number of para-hydroxylation sites is 2. The highest BCUT2D eigenvalue weighted by atomic mass is 35.5. The van der Waals surface area contributed by atoms with Crippen LogP contribution in [0, 0.1) is 5.92 Å². The summed E-state index contributed by atoms with van der Waals surface area (Å²) in [7, 11) is 0. The van der Waals surface area contributed by atoms with Crippen molar-refractivity contribution in [2.45, 2.75) is 20.8 Å². The Kier molecular flexibility index (Phi) is 12.2. The molecule has 1 aliphatic heterocycles. The second kappa shape index (κ2) is 14.1. The molecular weight excluding hydrogens is 539 g/mol. The van der Waals surface area contributed by atoms with Gasteiger partial charge in [-0.25, -0.2) is 9.78 Å². The number of anilines is 3. The first kappa shape index (κ1) is 32.1. The van der Waals surface area contributed by atoms with Gasteiger partial charge in [0.2, 0.25) is 5.91 Å². The van der Waals surface area contributed by atoms with Crippen LogP contribution in [0.2, 0.25) is 0 Å². The fourth-order valence-corrected chi connectivity index (χ4v) is 4.09. The number of carbonyl (C=O) groups is 2. The molecule has 2 N–H and O–H groups in total. The number of nitrogens with zero attached hydrogens (tertiary/aromatic N) is 3. The number of pyridine rings is 1. The number of aromatic nitrogens is 1. The second-order valence-corrected chi connectivity index (χ2v) is 8.58. The van der Waals surface area contributed by atoms with Gasteiger partial charge in [-0.1, -0.05) is 26.0 Å². The van der Waals surface area contributed by atoms with Crippen LogP contribution in [0.15, 0.2) is 48.5 Å². The molecule has 202 valence electrons. The molecule has 11 heteroatoms. The highest BCUT2D eigenvalue weighted by Crippen LogP contribution is 2.31. The van der Waals surface area contributed by atoms with Crippen molar-refractivity contribution in [1.82, 2.24) is 4.98 Å². The highest BCUT2D eigenvalue weighted by molar-refractivity contribution is 6.05. The van der Waals surface area contributed by atoms with Crippen LogP contribution in [0.5, 0.6) is 5.75 Å². The van der Waals surface area contributed by atoms with Gasteiger partial charge in [0.05, 0.1) is 23.4 Å². The van der Waals surface area contributed by atoms with E-state index in [1.54, 1.807) is 24.3 Å². The molecule has 2 aromatic carbocycles. The predicted octanol–water partition coefficient (Wildman–Crippen LogP) is 5.52. The molecule has 1 amide bonds. The number of carboxylic acids is 1. The summed E-state index contributed by atoms with van der Waals surface area (Å²) in [5.74, 6) is 0.196. The van der Waals surface area contributed by atoms with Gasteiger partial charge in [0.15, 0.2) is 0 Å². The largest absolute Gasteiger partial charge is 0.492 e. The number of rotatable bonds is 7. The van der Waals surface area contributed by atoms with Crippen molar-refractivity contribution in [1.29, 1.82) is 0 Å². The lowest BCUT2D eigenvalue weighted by Crippen LogP contribution is -2.47. The molecule has 3 aromatic rings. The summed E-state index contributed by atoms with van der Waals surface area (Å²) in [6.45, 7) is 9.16. The first-order valence-electron chi connectivity index (χ1n) is 11.6. The fraction of sp³-hybridized carbons (Fsp3) is 0.346. The molecule has 2 heterocycles. The van der Waals surface area contributed by atoms with Crippen molar-refractivity contribution < 1.29 is 19.4 Å². The van der Waals surface area contributed by atoms with Crippen LogP contribution in [0.1, 0.15) is 31.1 Å². The Labute approximate surface area is 235 Å². The molecule has 0 spiro atoms. The smallest absolute Gasteiger partial charge is 0.336 e. The molecule has 1 aliphatic rings. The van der Waals surface area contributed by atoms with Gasteiger partial charge < -0.3 is 25.0 Å². The molecule has 0 aliphatic carbocycles. The van der Waals surface area contributed by atoms with Crippen molar-refractivity contribution in [2.75, 3.05) is 47.9 Å². The summed E-state index contributed by atoms with van der Waals surface area (Å²) in [5.41, 5.74) is 2.38. The third-order valence-corrected chi connectivity index (χ3v) is 5.93. The minimum Gasteiger partial charge on any atom is -0.492 e. The van der Waals surface area contributed by atoms with Crippen LogP contribution in [-0.4, -0.2) is 54.8 Å². The number of hydrogen-bond acceptors (Lipinski definition) is 6. The predicted molar refractivity (Wildman–Crippen MR) is 156 cm³/mol. The molecule has 8 nitrogen and oxygen atoms in total. The van der Waals surface area contributed by atoms with Gasteiger partial charge in [0.25, 0.3) is 0 Å². The maximum atomic E-state index is 12.1.